The van der Waals surface area contributed by atoms with Gasteiger partial charge in [0.1, 0.15) is 11.4 Å². The lowest BCUT2D eigenvalue weighted by atomic mass is 10.0. The first kappa shape index (κ1) is 23.7. The highest BCUT2D eigenvalue weighted by molar-refractivity contribution is 5.95. The summed E-state index contributed by atoms with van der Waals surface area (Å²) in [6, 6.07) is 6.87. The third kappa shape index (κ3) is 4.73. The molecule has 0 bridgehead atoms. The van der Waals surface area contributed by atoms with Gasteiger partial charge in [-0.2, -0.15) is 17.6 Å². The number of carbonyl (C=O) groups is 2. The predicted octanol–water partition coefficient (Wildman–Crippen LogP) is 4.43. The van der Waals surface area contributed by atoms with Crippen LogP contribution in [0.25, 0.3) is 0 Å². The number of hydrogen-bond donors (Lipinski definition) is 2. The standard InChI is InChI=1S/C23H22F4N4O3/c1-13(2)22(24,23(25,26)27)34-16-5-3-4-15(12-16)21(9-10-21)31-19(33)17-8-11-28-20(29-17)30-18(32)14-6-7-14/h3-5,8,11-12,14H,1,6-7,9-10H2,2H3,(H,31,33)(H,28,29,30,32). The molecule has 1 aromatic carbocycles. The summed E-state index contributed by atoms with van der Waals surface area (Å²) in [6.07, 6.45) is -1.35. The number of halogens is 4. The number of alkyl halides is 4. The molecule has 1 heterocycles. The number of hydrogen-bond acceptors (Lipinski definition) is 5. The van der Waals surface area contributed by atoms with Gasteiger partial charge in [-0.25, -0.2) is 9.97 Å². The molecule has 7 nitrogen and oxygen atoms in total. The number of nitrogens with one attached hydrogen (secondary N) is 2. The Morgan fingerprint density at radius 2 is 1.88 bits per heavy atom. The molecule has 0 aliphatic heterocycles. The first-order valence-electron chi connectivity index (χ1n) is 10.6. The van der Waals surface area contributed by atoms with Gasteiger partial charge in [-0.3, -0.25) is 14.9 Å². The number of nitrogens with zero attached hydrogens (tertiary/aromatic N) is 2. The topological polar surface area (TPSA) is 93.2 Å². The monoisotopic (exact) mass is 478 g/mol. The molecule has 2 amide bonds. The van der Waals surface area contributed by atoms with Gasteiger partial charge >= 0.3 is 12.0 Å². The molecule has 11 heteroatoms. The first-order chi connectivity index (χ1) is 15.9. The van der Waals surface area contributed by atoms with Crippen LogP contribution in [0.1, 0.15) is 48.7 Å². The van der Waals surface area contributed by atoms with E-state index in [1.54, 1.807) is 6.07 Å². The van der Waals surface area contributed by atoms with Crippen LogP contribution in [0.4, 0.5) is 23.5 Å². The van der Waals surface area contributed by atoms with Gasteiger partial charge in [0.25, 0.3) is 5.91 Å². The quantitative estimate of drug-likeness (QED) is 0.433. The van der Waals surface area contributed by atoms with Crippen molar-refractivity contribution in [3.63, 3.8) is 0 Å². The van der Waals surface area contributed by atoms with Crippen molar-refractivity contribution in [2.75, 3.05) is 5.32 Å². The molecule has 0 spiro atoms. The highest BCUT2D eigenvalue weighted by atomic mass is 19.4. The van der Waals surface area contributed by atoms with Crippen LogP contribution in [-0.4, -0.2) is 33.8 Å². The number of rotatable bonds is 8. The molecular formula is C23H22F4N4O3. The van der Waals surface area contributed by atoms with Crippen LogP contribution in [0.2, 0.25) is 0 Å². The Kier molecular flexibility index (Phi) is 5.82. The summed E-state index contributed by atoms with van der Waals surface area (Å²) in [5, 5.41) is 5.40. The van der Waals surface area contributed by atoms with Gasteiger partial charge in [0.15, 0.2) is 0 Å². The Bertz CT molecular complexity index is 1150. The fourth-order valence-electron chi connectivity index (χ4n) is 3.40. The fourth-order valence-corrected chi connectivity index (χ4v) is 3.40. The van der Waals surface area contributed by atoms with E-state index in [9.17, 15) is 27.2 Å². The molecule has 2 saturated carbocycles. The molecule has 2 aromatic rings. The van der Waals surface area contributed by atoms with E-state index >= 15 is 0 Å². The van der Waals surface area contributed by atoms with Gasteiger partial charge in [0.2, 0.25) is 11.9 Å². The molecule has 1 unspecified atom stereocenters. The molecule has 0 saturated heterocycles. The van der Waals surface area contributed by atoms with Crippen LogP contribution in [0.3, 0.4) is 0 Å². The summed E-state index contributed by atoms with van der Waals surface area (Å²) >= 11 is 0. The molecule has 180 valence electrons. The third-order valence-electron chi connectivity index (χ3n) is 5.73. The maximum absolute atomic E-state index is 14.6. The van der Waals surface area contributed by atoms with Crippen LogP contribution in [0, 0.1) is 5.92 Å². The van der Waals surface area contributed by atoms with E-state index < -0.39 is 29.1 Å². The average Bonchev–Trinajstić information content (AvgIpc) is 3.68. The molecule has 1 atom stereocenters. The minimum atomic E-state index is -5.32. The summed E-state index contributed by atoms with van der Waals surface area (Å²) in [4.78, 5) is 32.8. The smallest absolute Gasteiger partial charge is 0.447 e. The summed E-state index contributed by atoms with van der Waals surface area (Å²) < 4.78 is 59.0. The Balaban J connectivity index is 1.50. The fraction of sp³-hybridized carbons (Fsp3) is 0.391. The van der Waals surface area contributed by atoms with Gasteiger partial charge in [0.05, 0.1) is 5.54 Å². The third-order valence-corrected chi connectivity index (χ3v) is 5.73. The summed E-state index contributed by atoms with van der Waals surface area (Å²) in [7, 11) is 0. The van der Waals surface area contributed by atoms with Crippen molar-refractivity contribution in [2.24, 2.45) is 5.92 Å². The van der Waals surface area contributed by atoms with E-state index in [0.717, 1.165) is 19.8 Å². The van der Waals surface area contributed by atoms with Crippen molar-refractivity contribution in [2.45, 2.75) is 50.2 Å². The maximum Gasteiger partial charge on any atom is 0.464 e. The lowest BCUT2D eigenvalue weighted by Crippen LogP contribution is -2.47. The number of benzene rings is 1. The minimum Gasteiger partial charge on any atom is -0.447 e. The average molecular weight is 478 g/mol. The van der Waals surface area contributed by atoms with Crippen molar-refractivity contribution >= 4 is 17.8 Å². The number of amides is 2. The first-order valence-corrected chi connectivity index (χ1v) is 10.6. The molecule has 2 aliphatic carbocycles. The zero-order valence-corrected chi connectivity index (χ0v) is 18.2. The van der Waals surface area contributed by atoms with Crippen LogP contribution in [0.15, 0.2) is 48.7 Å². The SMILES string of the molecule is C=C(C)C(F)(Oc1cccc(C2(NC(=O)c3ccnc(NC(=O)C4CC4)n3)CC2)c1)C(F)(F)F. The Hall–Kier alpha value is -3.50. The molecule has 4 rings (SSSR count). The summed E-state index contributed by atoms with van der Waals surface area (Å²) in [5.74, 6) is -5.20. The second-order valence-electron chi connectivity index (χ2n) is 8.57. The van der Waals surface area contributed by atoms with E-state index in [4.69, 9.17) is 4.74 Å². The molecular weight excluding hydrogens is 456 g/mol. The Labute approximate surface area is 192 Å². The highest BCUT2D eigenvalue weighted by Crippen LogP contribution is 2.47. The molecule has 2 fully saturated rings. The zero-order chi connectivity index (χ0) is 24.7. The van der Waals surface area contributed by atoms with E-state index in [1.807, 2.05) is 0 Å². The highest BCUT2D eigenvalue weighted by Gasteiger charge is 2.60. The van der Waals surface area contributed by atoms with Crippen molar-refractivity contribution in [1.29, 1.82) is 0 Å². The number of ether oxygens (including phenoxy) is 1. The number of aromatic nitrogens is 2. The Morgan fingerprint density at radius 3 is 2.47 bits per heavy atom. The molecule has 2 aliphatic rings. The van der Waals surface area contributed by atoms with Gasteiger partial charge in [0, 0.05) is 17.7 Å². The molecule has 2 N–H and O–H groups in total. The van der Waals surface area contributed by atoms with E-state index in [1.165, 1.54) is 30.5 Å². The van der Waals surface area contributed by atoms with Crippen LogP contribution < -0.4 is 15.4 Å². The maximum atomic E-state index is 14.6. The zero-order valence-electron chi connectivity index (χ0n) is 18.2. The van der Waals surface area contributed by atoms with Crippen molar-refractivity contribution < 1.29 is 31.9 Å². The lowest BCUT2D eigenvalue weighted by Gasteiger charge is -2.29. The second-order valence-corrected chi connectivity index (χ2v) is 8.57. The Morgan fingerprint density at radius 1 is 1.18 bits per heavy atom. The van der Waals surface area contributed by atoms with Gasteiger partial charge in [-0.1, -0.05) is 18.7 Å². The summed E-state index contributed by atoms with van der Waals surface area (Å²) in [5.41, 5.74) is -1.23. The predicted molar refractivity (Wildman–Crippen MR) is 114 cm³/mol. The van der Waals surface area contributed by atoms with E-state index in [0.29, 0.717) is 18.4 Å². The van der Waals surface area contributed by atoms with Crippen molar-refractivity contribution in [1.82, 2.24) is 15.3 Å². The van der Waals surface area contributed by atoms with Gasteiger partial charge < -0.3 is 10.1 Å². The van der Waals surface area contributed by atoms with Crippen molar-refractivity contribution in [3.05, 3.63) is 59.9 Å². The molecule has 0 radical (unpaired) electrons. The van der Waals surface area contributed by atoms with Gasteiger partial charge in [-0.05, 0) is 56.4 Å². The van der Waals surface area contributed by atoms with Crippen LogP contribution in [-0.2, 0) is 10.3 Å². The number of anilines is 1. The summed E-state index contributed by atoms with van der Waals surface area (Å²) in [6.45, 7) is 3.96. The largest absolute Gasteiger partial charge is 0.464 e. The second kappa shape index (κ2) is 8.37. The van der Waals surface area contributed by atoms with Gasteiger partial charge in [-0.15, -0.1) is 0 Å². The van der Waals surface area contributed by atoms with E-state index in [2.05, 4.69) is 27.2 Å². The molecule has 34 heavy (non-hydrogen) atoms. The number of carbonyl (C=O) groups excluding carboxylic acids is 2. The van der Waals surface area contributed by atoms with E-state index in [-0.39, 0.29) is 29.2 Å². The normalized spacial score (nSPS) is 18.4. The van der Waals surface area contributed by atoms with Crippen molar-refractivity contribution in [3.8, 4) is 5.75 Å². The minimum absolute atomic E-state index is 0.0102. The lowest BCUT2D eigenvalue weighted by molar-refractivity contribution is -0.283. The van der Waals surface area contributed by atoms with Crippen LogP contribution in [0.5, 0.6) is 5.75 Å². The molecule has 1 aromatic heterocycles. The van der Waals surface area contributed by atoms with Crippen LogP contribution >= 0.6 is 0 Å².